The number of ether oxygens (including phenoxy) is 1. The molecule has 0 radical (unpaired) electrons. The fourth-order valence-electron chi connectivity index (χ4n) is 4.62. The number of aromatic nitrogens is 2. The van der Waals surface area contributed by atoms with Crippen LogP contribution in [0.3, 0.4) is 0 Å². The van der Waals surface area contributed by atoms with E-state index in [2.05, 4.69) is 15.6 Å². The number of nitrogens with one attached hydrogen (secondary N) is 2. The molecule has 2 bridgehead atoms. The summed E-state index contributed by atoms with van der Waals surface area (Å²) < 4.78 is 19.2. The van der Waals surface area contributed by atoms with Gasteiger partial charge >= 0.3 is 11.9 Å². The molecule has 1 fully saturated rings. The van der Waals surface area contributed by atoms with E-state index >= 15 is 0 Å². The lowest BCUT2D eigenvalue weighted by atomic mass is 9.79. The average molecular weight is 472 g/mol. The minimum Gasteiger partial charge on any atom is -0.501 e. The second kappa shape index (κ2) is 9.62. The summed E-state index contributed by atoms with van der Waals surface area (Å²) in [4.78, 5) is 54.1. The van der Waals surface area contributed by atoms with Crippen molar-refractivity contribution in [2.45, 2.75) is 51.2 Å². The highest BCUT2D eigenvalue weighted by Crippen LogP contribution is 2.39. The van der Waals surface area contributed by atoms with Gasteiger partial charge in [-0.3, -0.25) is 19.0 Å². The minimum atomic E-state index is -0.987. The number of rotatable bonds is 5. The van der Waals surface area contributed by atoms with E-state index in [0.29, 0.717) is 18.4 Å². The summed E-state index contributed by atoms with van der Waals surface area (Å²) in [6.07, 6.45) is 1.88. The van der Waals surface area contributed by atoms with Gasteiger partial charge in [-0.2, -0.15) is 0 Å². The van der Waals surface area contributed by atoms with Crippen LogP contribution in [-0.4, -0.2) is 45.1 Å². The summed E-state index contributed by atoms with van der Waals surface area (Å²) in [7, 11) is 0. The first-order chi connectivity index (χ1) is 16.3. The van der Waals surface area contributed by atoms with Gasteiger partial charge < -0.3 is 20.5 Å². The number of fused-ring (bicyclic) bond motifs is 2. The van der Waals surface area contributed by atoms with E-state index in [1.54, 1.807) is 6.92 Å². The van der Waals surface area contributed by atoms with Crippen molar-refractivity contribution in [1.29, 1.82) is 0 Å². The van der Waals surface area contributed by atoms with Gasteiger partial charge in [0.25, 0.3) is 11.5 Å². The molecule has 2 aliphatic heterocycles. The number of amides is 2. The summed E-state index contributed by atoms with van der Waals surface area (Å²) in [6, 6.07) is 5.05. The van der Waals surface area contributed by atoms with Crippen LogP contribution < -0.4 is 16.2 Å². The van der Waals surface area contributed by atoms with Crippen LogP contribution in [-0.2, 0) is 27.4 Å². The Bertz CT molecular complexity index is 1180. The number of nitrogens with zero attached hydrogens (tertiary/aromatic N) is 2. The van der Waals surface area contributed by atoms with Gasteiger partial charge in [0.15, 0.2) is 5.69 Å². The molecule has 2 amide bonds. The summed E-state index contributed by atoms with van der Waals surface area (Å²) >= 11 is 0. The van der Waals surface area contributed by atoms with E-state index in [-0.39, 0.29) is 31.4 Å². The fourth-order valence-corrected chi connectivity index (χ4v) is 4.62. The quantitative estimate of drug-likeness (QED) is 0.435. The molecule has 2 aromatic rings. The van der Waals surface area contributed by atoms with Gasteiger partial charge in [-0.15, -0.1) is 0 Å². The zero-order valence-electron chi connectivity index (χ0n) is 18.5. The topological polar surface area (TPSA) is 140 Å². The largest absolute Gasteiger partial charge is 0.501 e. The lowest BCUT2D eigenvalue weighted by Crippen LogP contribution is -2.45. The summed E-state index contributed by atoms with van der Waals surface area (Å²) in [5.41, 5.74) is -0.522. The van der Waals surface area contributed by atoms with Crippen LogP contribution in [0.5, 0.6) is 5.75 Å². The molecule has 1 aromatic heterocycles. The van der Waals surface area contributed by atoms with Crippen molar-refractivity contribution in [3.63, 3.8) is 0 Å². The molecule has 0 saturated heterocycles. The predicted molar refractivity (Wildman–Crippen MR) is 116 cm³/mol. The maximum Gasteiger partial charge on any atom is 0.396 e. The van der Waals surface area contributed by atoms with Crippen molar-refractivity contribution in [2.24, 2.45) is 5.92 Å². The normalized spacial score (nSPS) is 20.7. The van der Waals surface area contributed by atoms with Crippen molar-refractivity contribution >= 4 is 17.8 Å². The van der Waals surface area contributed by atoms with E-state index in [4.69, 9.17) is 4.74 Å². The van der Waals surface area contributed by atoms with Gasteiger partial charge in [0.1, 0.15) is 11.6 Å². The second-order valence-corrected chi connectivity index (χ2v) is 8.48. The Hall–Kier alpha value is -3.76. The maximum absolute atomic E-state index is 13.1. The third-order valence-corrected chi connectivity index (χ3v) is 6.26. The number of aromatic hydroxyl groups is 1. The molecule has 1 aromatic carbocycles. The van der Waals surface area contributed by atoms with Crippen LogP contribution in [0.25, 0.3) is 0 Å². The Morgan fingerprint density at radius 1 is 1.24 bits per heavy atom. The molecule has 34 heavy (non-hydrogen) atoms. The SMILES string of the molecule is CCOC(=O)C(=O)NC1CC2CCC1c1nc(C(=O)NCc3ccc(F)cc3)c(O)c(=O)n1C2. The van der Waals surface area contributed by atoms with Crippen LogP contribution in [0, 0.1) is 11.7 Å². The third kappa shape index (κ3) is 4.63. The molecule has 0 spiro atoms. The zero-order valence-corrected chi connectivity index (χ0v) is 18.5. The van der Waals surface area contributed by atoms with Crippen LogP contribution in [0.2, 0.25) is 0 Å². The predicted octanol–water partition coefficient (Wildman–Crippen LogP) is 0.963. The van der Waals surface area contributed by atoms with Crippen LogP contribution >= 0.6 is 0 Å². The maximum atomic E-state index is 13.1. The van der Waals surface area contributed by atoms with Gasteiger partial charge in [-0.25, -0.2) is 14.2 Å². The monoisotopic (exact) mass is 472 g/mol. The molecule has 5 rings (SSSR count). The molecule has 3 atom stereocenters. The van der Waals surface area contributed by atoms with Gasteiger partial charge in [0.05, 0.1) is 6.61 Å². The summed E-state index contributed by atoms with van der Waals surface area (Å²) in [5.74, 6) is -3.89. The average Bonchev–Trinajstić information content (AvgIpc) is 3.08. The number of carbonyl (C=O) groups excluding carboxylic acids is 3. The van der Waals surface area contributed by atoms with Gasteiger partial charge in [-0.1, -0.05) is 12.1 Å². The zero-order chi connectivity index (χ0) is 24.4. The molecule has 3 aliphatic rings. The standard InChI is InChI=1S/C23H25FN4O6/c1-2-34-23(33)21(31)26-16-9-13-5-8-15(16)19-27-17(18(29)22(32)28(19)11-13)20(30)25-10-12-3-6-14(24)7-4-12/h3-4,6-7,13,15-16,29H,2,5,8-11H2,1H3,(H,25,30)(H,26,31). The van der Waals surface area contributed by atoms with Crippen molar-refractivity contribution in [3.8, 4) is 5.75 Å². The third-order valence-electron chi connectivity index (χ3n) is 6.26. The van der Waals surface area contributed by atoms with E-state index in [0.717, 1.165) is 6.42 Å². The van der Waals surface area contributed by atoms with Crippen molar-refractivity contribution in [3.05, 3.63) is 57.5 Å². The van der Waals surface area contributed by atoms with E-state index < -0.39 is 52.6 Å². The van der Waals surface area contributed by atoms with Gasteiger partial charge in [0.2, 0.25) is 5.75 Å². The van der Waals surface area contributed by atoms with Crippen molar-refractivity contribution < 1.29 is 28.6 Å². The van der Waals surface area contributed by atoms with Crippen LogP contribution in [0.4, 0.5) is 4.39 Å². The molecule has 10 nitrogen and oxygen atoms in total. The first kappa shape index (κ1) is 23.4. The number of carbonyl (C=O) groups is 3. The number of hydrogen-bond acceptors (Lipinski definition) is 7. The summed E-state index contributed by atoms with van der Waals surface area (Å²) in [6.45, 7) is 2.00. The molecular weight excluding hydrogens is 447 g/mol. The molecule has 1 saturated carbocycles. The fraction of sp³-hybridized carbons (Fsp3) is 0.435. The molecular formula is C23H25FN4O6. The number of benzene rings is 1. The Labute approximate surface area is 194 Å². The molecule has 11 heteroatoms. The van der Waals surface area contributed by atoms with E-state index in [9.17, 15) is 28.7 Å². The highest BCUT2D eigenvalue weighted by Gasteiger charge is 2.41. The molecule has 1 aliphatic carbocycles. The Kier molecular flexibility index (Phi) is 6.62. The summed E-state index contributed by atoms with van der Waals surface area (Å²) in [5, 5.41) is 15.7. The van der Waals surface area contributed by atoms with E-state index in [1.165, 1.54) is 28.8 Å². The lowest BCUT2D eigenvalue weighted by Gasteiger charge is -2.32. The first-order valence-electron chi connectivity index (χ1n) is 11.1. The highest BCUT2D eigenvalue weighted by molar-refractivity contribution is 6.32. The van der Waals surface area contributed by atoms with Crippen LogP contribution in [0.1, 0.15) is 54.0 Å². The molecule has 3 heterocycles. The van der Waals surface area contributed by atoms with Crippen molar-refractivity contribution in [2.75, 3.05) is 6.61 Å². The number of hydrogen-bond donors (Lipinski definition) is 3. The van der Waals surface area contributed by atoms with Gasteiger partial charge in [-0.05, 0) is 49.8 Å². The Morgan fingerprint density at radius 2 is 1.97 bits per heavy atom. The first-order valence-corrected chi connectivity index (χ1v) is 11.1. The Balaban J connectivity index is 1.60. The Morgan fingerprint density at radius 3 is 2.68 bits per heavy atom. The number of halogens is 1. The molecule has 180 valence electrons. The van der Waals surface area contributed by atoms with Gasteiger partial charge in [0, 0.05) is 25.0 Å². The number of esters is 1. The molecule has 3 N–H and O–H groups in total. The lowest BCUT2D eigenvalue weighted by molar-refractivity contribution is -0.155. The van der Waals surface area contributed by atoms with Crippen molar-refractivity contribution in [1.82, 2.24) is 20.2 Å². The smallest absolute Gasteiger partial charge is 0.396 e. The van der Waals surface area contributed by atoms with E-state index in [1.807, 2.05) is 0 Å². The van der Waals surface area contributed by atoms with Crippen LogP contribution in [0.15, 0.2) is 29.1 Å². The second-order valence-electron chi connectivity index (χ2n) is 8.48. The molecule has 3 unspecified atom stereocenters. The minimum absolute atomic E-state index is 0.0297. The highest BCUT2D eigenvalue weighted by atomic mass is 19.1.